The molecule has 0 aliphatic rings. The standard InChI is InChI=1S/C13H11ClN2O3/c1-18-13(17)10-6-8(14)2-4-11(10)19-12-5-3-9(15)7-16-12/h2-7H,15H2,1H3. The third-order valence-electron chi connectivity index (χ3n) is 2.32. The number of methoxy groups -OCH3 is 1. The van der Waals surface area contributed by atoms with E-state index in [4.69, 9.17) is 22.1 Å². The molecule has 0 aliphatic carbocycles. The van der Waals surface area contributed by atoms with E-state index in [-0.39, 0.29) is 5.56 Å². The second kappa shape index (κ2) is 5.58. The summed E-state index contributed by atoms with van der Waals surface area (Å²) in [6, 6.07) is 7.91. The lowest BCUT2D eigenvalue weighted by Gasteiger charge is -2.09. The number of carbonyl (C=O) groups excluding carboxylic acids is 1. The summed E-state index contributed by atoms with van der Waals surface area (Å²) in [5.41, 5.74) is 6.28. The van der Waals surface area contributed by atoms with E-state index < -0.39 is 5.97 Å². The maximum atomic E-state index is 11.6. The Morgan fingerprint density at radius 3 is 2.74 bits per heavy atom. The number of hydrogen-bond acceptors (Lipinski definition) is 5. The fourth-order valence-electron chi connectivity index (χ4n) is 1.43. The first-order valence-electron chi connectivity index (χ1n) is 5.37. The fraction of sp³-hybridized carbons (Fsp3) is 0.0769. The Morgan fingerprint density at radius 2 is 2.11 bits per heavy atom. The van der Waals surface area contributed by atoms with Gasteiger partial charge in [-0.1, -0.05) is 11.6 Å². The van der Waals surface area contributed by atoms with E-state index in [0.717, 1.165) is 0 Å². The lowest BCUT2D eigenvalue weighted by atomic mass is 10.2. The minimum Gasteiger partial charge on any atom is -0.465 e. The lowest BCUT2D eigenvalue weighted by Crippen LogP contribution is -2.04. The Balaban J connectivity index is 2.34. The van der Waals surface area contributed by atoms with Crippen molar-refractivity contribution in [3.05, 3.63) is 47.1 Å². The largest absolute Gasteiger partial charge is 0.465 e. The molecule has 98 valence electrons. The molecule has 0 saturated carbocycles. The first-order chi connectivity index (χ1) is 9.10. The quantitative estimate of drug-likeness (QED) is 0.874. The van der Waals surface area contributed by atoms with Gasteiger partial charge in [0.05, 0.1) is 19.0 Å². The van der Waals surface area contributed by atoms with E-state index in [1.165, 1.54) is 19.4 Å². The highest BCUT2D eigenvalue weighted by Crippen LogP contribution is 2.27. The maximum absolute atomic E-state index is 11.6. The summed E-state index contributed by atoms with van der Waals surface area (Å²) in [6.45, 7) is 0. The Bertz CT molecular complexity index is 599. The van der Waals surface area contributed by atoms with Crippen molar-refractivity contribution in [3.63, 3.8) is 0 Å². The van der Waals surface area contributed by atoms with Crippen molar-refractivity contribution < 1.29 is 14.3 Å². The molecule has 1 aromatic heterocycles. The third-order valence-corrected chi connectivity index (χ3v) is 2.56. The molecule has 0 fully saturated rings. The second-order valence-electron chi connectivity index (χ2n) is 3.66. The zero-order valence-electron chi connectivity index (χ0n) is 10.1. The molecule has 0 saturated heterocycles. The molecule has 1 aromatic carbocycles. The van der Waals surface area contributed by atoms with Crippen LogP contribution in [0.4, 0.5) is 5.69 Å². The van der Waals surface area contributed by atoms with Gasteiger partial charge in [0.2, 0.25) is 5.88 Å². The van der Waals surface area contributed by atoms with E-state index in [0.29, 0.717) is 22.3 Å². The normalized spacial score (nSPS) is 10.0. The number of nitrogens with zero attached hydrogens (tertiary/aromatic N) is 1. The molecule has 0 aliphatic heterocycles. The van der Waals surface area contributed by atoms with Crippen LogP contribution in [-0.4, -0.2) is 18.1 Å². The molecule has 2 rings (SSSR count). The number of aromatic nitrogens is 1. The van der Waals surface area contributed by atoms with E-state index in [1.54, 1.807) is 24.3 Å². The third kappa shape index (κ3) is 3.14. The van der Waals surface area contributed by atoms with Crippen molar-refractivity contribution >= 4 is 23.3 Å². The van der Waals surface area contributed by atoms with Crippen LogP contribution in [-0.2, 0) is 4.74 Å². The van der Waals surface area contributed by atoms with Gasteiger partial charge in [0.1, 0.15) is 11.3 Å². The number of pyridine rings is 1. The summed E-state index contributed by atoms with van der Waals surface area (Å²) < 4.78 is 10.2. The second-order valence-corrected chi connectivity index (χ2v) is 4.10. The van der Waals surface area contributed by atoms with Crippen molar-refractivity contribution in [2.24, 2.45) is 0 Å². The summed E-state index contributed by atoms with van der Waals surface area (Å²) in [5.74, 6) is 0.100. The van der Waals surface area contributed by atoms with Gasteiger partial charge in [-0.25, -0.2) is 9.78 Å². The van der Waals surface area contributed by atoms with Crippen molar-refractivity contribution in [1.82, 2.24) is 4.98 Å². The van der Waals surface area contributed by atoms with Gasteiger partial charge in [-0.2, -0.15) is 0 Å². The number of nitrogen functional groups attached to an aromatic ring is 1. The fourth-order valence-corrected chi connectivity index (χ4v) is 1.60. The van der Waals surface area contributed by atoms with Gasteiger partial charge >= 0.3 is 5.97 Å². The van der Waals surface area contributed by atoms with Crippen molar-refractivity contribution in [2.45, 2.75) is 0 Å². The van der Waals surface area contributed by atoms with E-state index in [2.05, 4.69) is 9.72 Å². The molecule has 0 amide bonds. The minimum atomic E-state index is -0.534. The predicted molar refractivity (Wildman–Crippen MR) is 71.5 cm³/mol. The van der Waals surface area contributed by atoms with Gasteiger partial charge in [0.25, 0.3) is 0 Å². The Morgan fingerprint density at radius 1 is 1.32 bits per heavy atom. The molecule has 0 spiro atoms. The number of anilines is 1. The predicted octanol–water partition coefficient (Wildman–Crippen LogP) is 2.90. The molecule has 19 heavy (non-hydrogen) atoms. The van der Waals surface area contributed by atoms with Crippen LogP contribution in [0, 0.1) is 0 Å². The van der Waals surface area contributed by atoms with Gasteiger partial charge in [0, 0.05) is 11.1 Å². The zero-order valence-corrected chi connectivity index (χ0v) is 10.8. The number of benzene rings is 1. The number of ether oxygens (including phenoxy) is 2. The van der Waals surface area contributed by atoms with Crippen LogP contribution in [0.3, 0.4) is 0 Å². The topological polar surface area (TPSA) is 74.4 Å². The first kappa shape index (κ1) is 13.2. The van der Waals surface area contributed by atoms with Crippen LogP contribution < -0.4 is 10.5 Å². The average molecular weight is 279 g/mol. The average Bonchev–Trinajstić information content (AvgIpc) is 2.42. The van der Waals surface area contributed by atoms with Crippen molar-refractivity contribution in [1.29, 1.82) is 0 Å². The van der Waals surface area contributed by atoms with Crippen molar-refractivity contribution in [2.75, 3.05) is 12.8 Å². The number of carbonyl (C=O) groups is 1. The van der Waals surface area contributed by atoms with Crippen LogP contribution in [0.5, 0.6) is 11.6 Å². The smallest absolute Gasteiger partial charge is 0.341 e. The monoisotopic (exact) mass is 278 g/mol. The molecule has 0 atom stereocenters. The summed E-state index contributed by atoms with van der Waals surface area (Å²) in [6.07, 6.45) is 1.46. The van der Waals surface area contributed by atoms with Gasteiger partial charge in [0.15, 0.2) is 0 Å². The molecule has 5 nitrogen and oxygen atoms in total. The number of esters is 1. The summed E-state index contributed by atoms with van der Waals surface area (Å²) >= 11 is 5.85. The number of hydrogen-bond donors (Lipinski definition) is 1. The lowest BCUT2D eigenvalue weighted by molar-refractivity contribution is 0.0598. The number of nitrogens with two attached hydrogens (primary N) is 1. The van der Waals surface area contributed by atoms with Gasteiger partial charge in [-0.05, 0) is 24.3 Å². The first-order valence-corrected chi connectivity index (χ1v) is 5.75. The molecule has 1 heterocycles. The highest BCUT2D eigenvalue weighted by molar-refractivity contribution is 6.31. The molecule has 2 aromatic rings. The minimum absolute atomic E-state index is 0.230. The van der Waals surface area contributed by atoms with Crippen molar-refractivity contribution in [3.8, 4) is 11.6 Å². The molecular formula is C13H11ClN2O3. The van der Waals surface area contributed by atoms with E-state index >= 15 is 0 Å². The van der Waals surface area contributed by atoms with Crippen LogP contribution in [0.15, 0.2) is 36.5 Å². The summed E-state index contributed by atoms with van der Waals surface area (Å²) in [4.78, 5) is 15.6. The molecule has 0 bridgehead atoms. The molecule has 0 unspecified atom stereocenters. The van der Waals surface area contributed by atoms with E-state index in [1.807, 2.05) is 0 Å². The van der Waals surface area contributed by atoms with Crippen LogP contribution in [0.1, 0.15) is 10.4 Å². The Hall–Kier alpha value is -2.27. The van der Waals surface area contributed by atoms with E-state index in [9.17, 15) is 4.79 Å². The zero-order chi connectivity index (χ0) is 13.8. The number of rotatable bonds is 3. The summed E-state index contributed by atoms with van der Waals surface area (Å²) in [7, 11) is 1.29. The molecular weight excluding hydrogens is 268 g/mol. The maximum Gasteiger partial charge on any atom is 0.341 e. The van der Waals surface area contributed by atoms with Gasteiger partial charge in [-0.15, -0.1) is 0 Å². The number of halogens is 1. The SMILES string of the molecule is COC(=O)c1cc(Cl)ccc1Oc1ccc(N)cn1. The van der Waals surface area contributed by atoms with Gasteiger partial charge in [-0.3, -0.25) is 0 Å². The molecule has 0 radical (unpaired) electrons. The molecule has 6 heteroatoms. The highest BCUT2D eigenvalue weighted by atomic mass is 35.5. The molecule has 2 N–H and O–H groups in total. The summed E-state index contributed by atoms with van der Waals surface area (Å²) in [5, 5.41) is 0.415. The van der Waals surface area contributed by atoms with Crippen LogP contribution in [0.25, 0.3) is 0 Å². The Labute approximate surface area is 114 Å². The Kier molecular flexibility index (Phi) is 3.87. The highest BCUT2D eigenvalue weighted by Gasteiger charge is 2.14. The van der Waals surface area contributed by atoms with Gasteiger partial charge < -0.3 is 15.2 Å². The van der Waals surface area contributed by atoms with Crippen LogP contribution in [0.2, 0.25) is 5.02 Å². The van der Waals surface area contributed by atoms with Crippen LogP contribution >= 0.6 is 11.6 Å².